The van der Waals surface area contributed by atoms with E-state index in [9.17, 15) is 26.4 Å². The number of amides is 1. The number of thiophene rings is 1. The summed E-state index contributed by atoms with van der Waals surface area (Å²) < 4.78 is 55.6. The van der Waals surface area contributed by atoms with Crippen molar-refractivity contribution in [2.45, 2.75) is 56.1 Å². The monoisotopic (exact) mass is 564 g/mol. The van der Waals surface area contributed by atoms with E-state index in [1.54, 1.807) is 4.90 Å². The first kappa shape index (κ1) is 26.0. The van der Waals surface area contributed by atoms with Gasteiger partial charge in [-0.25, -0.2) is 13.1 Å². The van der Waals surface area contributed by atoms with Gasteiger partial charge in [-0.15, -0.1) is 15.7 Å². The van der Waals surface area contributed by atoms with Gasteiger partial charge in [0.2, 0.25) is 15.9 Å². The van der Waals surface area contributed by atoms with Crippen molar-refractivity contribution in [3.8, 4) is 0 Å². The van der Waals surface area contributed by atoms with E-state index in [2.05, 4.69) is 14.4 Å². The van der Waals surface area contributed by atoms with Gasteiger partial charge in [0.25, 0.3) is 10.0 Å². The van der Waals surface area contributed by atoms with Gasteiger partial charge in [0, 0.05) is 30.6 Å². The molecule has 1 amide bonds. The fourth-order valence-corrected chi connectivity index (χ4v) is 8.47. The molecule has 3 heterocycles. The number of fused-ring (bicyclic) bond motifs is 2. The van der Waals surface area contributed by atoms with Crippen LogP contribution in [0.1, 0.15) is 43.2 Å². The average Bonchev–Trinajstić information content (AvgIpc) is 3.09. The number of amidine groups is 1. The van der Waals surface area contributed by atoms with Crippen LogP contribution >= 0.6 is 11.3 Å². The van der Waals surface area contributed by atoms with Crippen molar-refractivity contribution in [2.75, 3.05) is 11.6 Å². The summed E-state index contributed by atoms with van der Waals surface area (Å²) in [5.74, 6) is -2.65. The molecule has 0 spiro atoms. The zero-order valence-corrected chi connectivity index (χ0v) is 22.7. The summed E-state index contributed by atoms with van der Waals surface area (Å²) >= 11 is 1.06. The third-order valence-electron chi connectivity index (χ3n) is 7.09. The van der Waals surface area contributed by atoms with Crippen molar-refractivity contribution in [1.82, 2.24) is 9.62 Å². The molecule has 198 valence electrons. The summed E-state index contributed by atoms with van der Waals surface area (Å²) in [6, 6.07) is 9.30. The van der Waals surface area contributed by atoms with Crippen LogP contribution in [-0.4, -0.2) is 51.6 Å². The molecule has 37 heavy (non-hydrogen) atoms. The first-order valence-corrected chi connectivity index (χ1v) is 16.3. The SMILES string of the molecule is CS(=O)(=O)NCc1csc2c1S(=O)(=O)N=C(C1C(=O)C3CCCCCC3N(Cc3ccccc3)C1=O)N2. The number of benzene rings is 1. The summed E-state index contributed by atoms with van der Waals surface area (Å²) in [6.45, 7) is 0.114. The number of ketones is 1. The molecule has 3 atom stereocenters. The van der Waals surface area contributed by atoms with Crippen LogP contribution in [0.5, 0.6) is 0 Å². The van der Waals surface area contributed by atoms with Crippen LogP contribution in [0.2, 0.25) is 0 Å². The number of likely N-dealkylation sites (tertiary alicyclic amines) is 1. The highest BCUT2D eigenvalue weighted by Crippen LogP contribution is 2.41. The molecule has 10 nitrogen and oxygen atoms in total. The largest absolute Gasteiger partial charge is 0.334 e. The van der Waals surface area contributed by atoms with E-state index >= 15 is 0 Å². The highest BCUT2D eigenvalue weighted by Gasteiger charge is 2.51. The third-order valence-corrected chi connectivity index (χ3v) is 10.3. The second-order valence-corrected chi connectivity index (χ2v) is 13.9. The molecule has 0 radical (unpaired) electrons. The smallest absolute Gasteiger partial charge is 0.287 e. The molecule has 1 aliphatic carbocycles. The Bertz CT molecular complexity index is 1470. The molecule has 1 aromatic carbocycles. The number of hydrogen-bond donors (Lipinski definition) is 2. The van der Waals surface area contributed by atoms with E-state index in [1.165, 1.54) is 5.38 Å². The Morgan fingerprint density at radius 3 is 2.59 bits per heavy atom. The molecule has 3 unspecified atom stereocenters. The topological polar surface area (TPSA) is 142 Å². The Morgan fingerprint density at radius 1 is 1.14 bits per heavy atom. The van der Waals surface area contributed by atoms with E-state index in [0.29, 0.717) is 13.0 Å². The standard InChI is InChI=1S/C24H28N4O6S3/c1-36(31,32)25-12-16-14-35-23-21(16)37(33,34)27-22(26-23)19-20(29)17-10-6-3-7-11-18(17)28(24(19)30)13-15-8-4-2-5-9-15/h2,4-5,8-9,14,17-19,25H,3,6-7,10-13H2,1H3,(H,26,27). The molecule has 3 aliphatic rings. The Balaban J connectivity index is 1.50. The fourth-order valence-electron chi connectivity index (χ4n) is 5.41. The number of anilines is 1. The van der Waals surface area contributed by atoms with Gasteiger partial charge in [-0.3, -0.25) is 9.59 Å². The van der Waals surface area contributed by atoms with Gasteiger partial charge < -0.3 is 10.2 Å². The lowest BCUT2D eigenvalue weighted by Crippen LogP contribution is -2.59. The molecular formula is C24H28N4O6S3. The second kappa shape index (κ2) is 9.93. The Morgan fingerprint density at radius 2 is 1.86 bits per heavy atom. The number of carbonyl (C=O) groups is 2. The van der Waals surface area contributed by atoms with Crippen molar-refractivity contribution < 1.29 is 26.4 Å². The van der Waals surface area contributed by atoms with Gasteiger partial charge in [0.05, 0.1) is 6.26 Å². The molecule has 2 aromatic rings. The molecule has 1 aromatic heterocycles. The van der Waals surface area contributed by atoms with E-state index in [4.69, 9.17) is 0 Å². The molecule has 2 aliphatic heterocycles. The molecule has 0 bridgehead atoms. The predicted octanol–water partition coefficient (Wildman–Crippen LogP) is 2.49. The number of nitrogens with one attached hydrogen (secondary N) is 2. The van der Waals surface area contributed by atoms with Crippen molar-refractivity contribution in [3.05, 3.63) is 46.8 Å². The molecule has 1 saturated heterocycles. The third kappa shape index (κ3) is 5.22. The highest BCUT2D eigenvalue weighted by molar-refractivity contribution is 7.91. The van der Waals surface area contributed by atoms with Gasteiger partial charge in [-0.1, -0.05) is 49.6 Å². The Kier molecular flexibility index (Phi) is 6.98. The number of nitrogens with zero attached hydrogens (tertiary/aromatic N) is 2. The van der Waals surface area contributed by atoms with Gasteiger partial charge in [-0.2, -0.15) is 8.42 Å². The first-order chi connectivity index (χ1) is 17.5. The summed E-state index contributed by atoms with van der Waals surface area (Å²) in [5, 5.41) is 4.68. The van der Waals surface area contributed by atoms with Crippen LogP contribution in [0, 0.1) is 11.8 Å². The minimum Gasteiger partial charge on any atom is -0.334 e. The number of Topliss-reactive ketones (excluding diaryl/α,β-unsaturated/α-hetero) is 1. The number of sulfonamides is 2. The van der Waals surface area contributed by atoms with Crippen LogP contribution < -0.4 is 10.0 Å². The van der Waals surface area contributed by atoms with Crippen LogP contribution in [0.15, 0.2) is 45.0 Å². The first-order valence-electron chi connectivity index (χ1n) is 12.1. The molecule has 5 rings (SSSR count). The van der Waals surface area contributed by atoms with Crippen molar-refractivity contribution in [1.29, 1.82) is 0 Å². The van der Waals surface area contributed by atoms with Crippen LogP contribution in [0.4, 0.5) is 5.00 Å². The van der Waals surface area contributed by atoms with Crippen molar-refractivity contribution in [2.24, 2.45) is 16.2 Å². The van der Waals surface area contributed by atoms with E-state index < -0.39 is 31.9 Å². The molecule has 2 N–H and O–H groups in total. The summed E-state index contributed by atoms with van der Waals surface area (Å²) in [6.07, 6.45) is 5.13. The minimum atomic E-state index is -4.28. The maximum atomic E-state index is 13.9. The van der Waals surface area contributed by atoms with Gasteiger partial charge in [0.15, 0.2) is 11.7 Å². The van der Waals surface area contributed by atoms with Crippen molar-refractivity contribution >= 4 is 53.9 Å². The normalized spacial score (nSPS) is 25.5. The summed E-state index contributed by atoms with van der Waals surface area (Å²) in [5.41, 5.74) is 1.18. The van der Waals surface area contributed by atoms with Gasteiger partial charge >= 0.3 is 0 Å². The zero-order chi connectivity index (χ0) is 26.4. The lowest BCUT2D eigenvalue weighted by atomic mass is 9.77. The number of carbonyl (C=O) groups excluding carboxylic acids is 2. The highest BCUT2D eigenvalue weighted by atomic mass is 32.2. The number of piperidine rings is 1. The summed E-state index contributed by atoms with van der Waals surface area (Å²) in [7, 11) is -7.82. The predicted molar refractivity (Wildman–Crippen MR) is 140 cm³/mol. The average molecular weight is 565 g/mol. The number of rotatable bonds is 6. The second-order valence-electron chi connectivity index (χ2n) is 9.69. The molecule has 1 saturated carbocycles. The molecule has 2 fully saturated rings. The molecular weight excluding hydrogens is 536 g/mol. The maximum Gasteiger partial charge on any atom is 0.287 e. The summed E-state index contributed by atoms with van der Waals surface area (Å²) in [4.78, 5) is 29.2. The quantitative estimate of drug-likeness (QED) is 0.513. The van der Waals surface area contributed by atoms with Crippen LogP contribution in [0.3, 0.4) is 0 Å². The minimum absolute atomic E-state index is 0.137. The van der Waals surface area contributed by atoms with Crippen molar-refractivity contribution in [3.63, 3.8) is 0 Å². The van der Waals surface area contributed by atoms with Gasteiger partial charge in [0.1, 0.15) is 15.7 Å². The Hall–Kier alpha value is -2.61. The van der Waals surface area contributed by atoms with Gasteiger partial charge in [-0.05, 0) is 23.8 Å². The number of hydrogen-bond acceptors (Lipinski definition) is 8. The van der Waals surface area contributed by atoms with Crippen LogP contribution in [0.25, 0.3) is 0 Å². The van der Waals surface area contributed by atoms with Crippen LogP contribution in [-0.2, 0) is 42.7 Å². The maximum absolute atomic E-state index is 13.9. The van der Waals surface area contributed by atoms with E-state index in [0.717, 1.165) is 48.8 Å². The zero-order valence-electron chi connectivity index (χ0n) is 20.2. The van der Waals surface area contributed by atoms with E-state index in [1.807, 2.05) is 30.3 Å². The fraction of sp³-hybridized carbons (Fsp3) is 0.458. The molecule has 13 heteroatoms. The lowest BCUT2D eigenvalue weighted by Gasteiger charge is -2.43. The lowest BCUT2D eigenvalue weighted by molar-refractivity contribution is -0.151. The Labute approximate surface area is 220 Å². The van der Waals surface area contributed by atoms with E-state index in [-0.39, 0.29) is 45.6 Å².